The van der Waals surface area contributed by atoms with Crippen molar-refractivity contribution in [3.63, 3.8) is 0 Å². The first-order chi connectivity index (χ1) is 14.9. The van der Waals surface area contributed by atoms with Gasteiger partial charge in [-0.1, -0.05) is 61.7 Å². The maximum Gasteiger partial charge on any atom is 0.349 e. The molecule has 2 saturated carbocycles. The second kappa shape index (κ2) is 9.61. The number of halogens is 2. The molecule has 1 aromatic carbocycles. The molecule has 8 heteroatoms. The average molecular weight is 465 g/mol. The van der Waals surface area contributed by atoms with Crippen molar-refractivity contribution in [2.45, 2.75) is 76.3 Å². The number of rotatable bonds is 3. The van der Waals surface area contributed by atoms with Crippen molar-refractivity contribution >= 4 is 46.1 Å². The molecule has 0 radical (unpaired) electrons. The van der Waals surface area contributed by atoms with Gasteiger partial charge in [0.25, 0.3) is 5.91 Å². The van der Waals surface area contributed by atoms with E-state index in [1.807, 2.05) is 0 Å². The van der Waals surface area contributed by atoms with Gasteiger partial charge in [0.15, 0.2) is 5.58 Å². The highest BCUT2D eigenvalue weighted by molar-refractivity contribution is 6.38. The molecule has 166 valence electrons. The Morgan fingerprint density at radius 2 is 1.58 bits per heavy atom. The van der Waals surface area contributed by atoms with E-state index in [1.165, 1.54) is 23.5 Å². The number of amides is 3. The van der Waals surface area contributed by atoms with Crippen LogP contribution in [0.1, 0.15) is 74.6 Å². The SMILES string of the molecule is O=C(NC1CCCCC1)N(C(=O)c1cc2cc(Cl)cc(Cl)c2oc1=O)C1CCCCC1. The van der Waals surface area contributed by atoms with Gasteiger partial charge in [0, 0.05) is 22.5 Å². The smallest absolute Gasteiger partial charge is 0.349 e. The van der Waals surface area contributed by atoms with Gasteiger partial charge in [-0.2, -0.15) is 0 Å². The molecular weight excluding hydrogens is 439 g/mol. The lowest BCUT2D eigenvalue weighted by Crippen LogP contribution is -2.53. The van der Waals surface area contributed by atoms with Gasteiger partial charge in [-0.3, -0.25) is 9.69 Å². The Kier molecular flexibility index (Phi) is 6.87. The van der Waals surface area contributed by atoms with Gasteiger partial charge in [-0.05, 0) is 43.9 Å². The number of nitrogens with zero attached hydrogens (tertiary/aromatic N) is 1. The molecule has 2 aliphatic rings. The molecule has 0 atom stereocenters. The normalized spacial score (nSPS) is 18.1. The number of urea groups is 1. The summed E-state index contributed by atoms with van der Waals surface area (Å²) in [6.45, 7) is 0. The van der Waals surface area contributed by atoms with Crippen LogP contribution in [-0.4, -0.2) is 28.9 Å². The summed E-state index contributed by atoms with van der Waals surface area (Å²) < 4.78 is 5.34. The quantitative estimate of drug-likeness (QED) is 0.571. The third-order valence-electron chi connectivity index (χ3n) is 6.29. The van der Waals surface area contributed by atoms with E-state index >= 15 is 0 Å². The second-order valence-electron chi connectivity index (χ2n) is 8.50. The van der Waals surface area contributed by atoms with Crippen molar-refractivity contribution in [3.05, 3.63) is 44.2 Å². The third-order valence-corrected chi connectivity index (χ3v) is 6.79. The maximum atomic E-state index is 13.5. The third kappa shape index (κ3) is 4.90. The van der Waals surface area contributed by atoms with Gasteiger partial charge in [0.05, 0.1) is 5.02 Å². The molecular formula is C23H26Cl2N2O4. The molecule has 1 N–H and O–H groups in total. The van der Waals surface area contributed by atoms with Gasteiger partial charge in [0.1, 0.15) is 5.56 Å². The van der Waals surface area contributed by atoms with Gasteiger partial charge in [-0.15, -0.1) is 0 Å². The number of fused-ring (bicyclic) bond motifs is 1. The highest BCUT2D eigenvalue weighted by Gasteiger charge is 2.34. The number of hydrogen-bond donors (Lipinski definition) is 1. The fourth-order valence-corrected chi connectivity index (χ4v) is 5.24. The number of carbonyl (C=O) groups excluding carboxylic acids is 2. The van der Waals surface area contributed by atoms with E-state index in [9.17, 15) is 14.4 Å². The maximum absolute atomic E-state index is 13.5. The minimum Gasteiger partial charge on any atom is -0.421 e. The van der Waals surface area contributed by atoms with E-state index in [2.05, 4.69) is 5.32 Å². The first-order valence-electron chi connectivity index (χ1n) is 11.0. The molecule has 0 spiro atoms. The fraction of sp³-hybridized carbons (Fsp3) is 0.522. The van der Waals surface area contributed by atoms with E-state index in [0.29, 0.717) is 10.4 Å². The lowest BCUT2D eigenvalue weighted by molar-refractivity contribution is 0.0698. The van der Waals surface area contributed by atoms with Gasteiger partial charge < -0.3 is 9.73 Å². The predicted molar refractivity (Wildman–Crippen MR) is 121 cm³/mol. The largest absolute Gasteiger partial charge is 0.421 e. The Morgan fingerprint density at radius 3 is 2.26 bits per heavy atom. The van der Waals surface area contributed by atoms with Crippen LogP contribution in [0.4, 0.5) is 4.79 Å². The van der Waals surface area contributed by atoms with Crippen molar-refractivity contribution in [1.29, 1.82) is 0 Å². The summed E-state index contributed by atoms with van der Waals surface area (Å²) in [5.74, 6) is -0.632. The number of hydrogen-bond acceptors (Lipinski definition) is 4. The Labute approximate surface area is 190 Å². The average Bonchev–Trinajstić information content (AvgIpc) is 2.75. The molecule has 6 nitrogen and oxygen atoms in total. The van der Waals surface area contributed by atoms with Crippen molar-refractivity contribution in [3.8, 4) is 0 Å². The lowest BCUT2D eigenvalue weighted by atomic mass is 9.93. The molecule has 31 heavy (non-hydrogen) atoms. The Hall–Kier alpha value is -2.05. The van der Waals surface area contributed by atoms with Gasteiger partial charge in [0.2, 0.25) is 0 Å². The first kappa shape index (κ1) is 22.2. The van der Waals surface area contributed by atoms with E-state index < -0.39 is 17.6 Å². The minimum atomic E-state index is -0.812. The predicted octanol–water partition coefficient (Wildman–Crippen LogP) is 5.92. The molecule has 1 aromatic heterocycles. The Morgan fingerprint density at radius 1 is 0.935 bits per heavy atom. The molecule has 0 aliphatic heterocycles. The van der Waals surface area contributed by atoms with E-state index in [-0.39, 0.29) is 28.3 Å². The topological polar surface area (TPSA) is 79.6 Å². The molecule has 2 aromatic rings. The van der Waals surface area contributed by atoms with Crippen molar-refractivity contribution in [2.75, 3.05) is 0 Å². The summed E-state index contributed by atoms with van der Waals surface area (Å²) >= 11 is 12.2. The summed E-state index contributed by atoms with van der Waals surface area (Å²) in [6.07, 6.45) is 9.57. The van der Waals surface area contributed by atoms with Crippen LogP contribution in [-0.2, 0) is 0 Å². The van der Waals surface area contributed by atoms with E-state index in [1.54, 1.807) is 6.07 Å². The van der Waals surface area contributed by atoms with Crippen LogP contribution < -0.4 is 10.9 Å². The number of benzene rings is 1. The first-order valence-corrected chi connectivity index (χ1v) is 11.8. The molecule has 3 amide bonds. The van der Waals surface area contributed by atoms with Crippen LogP contribution in [0.3, 0.4) is 0 Å². The standard InChI is InChI=1S/C23H26Cl2N2O4/c24-15-11-14-12-18(22(29)31-20(14)19(25)13-15)21(28)27(17-9-5-2-6-10-17)23(30)26-16-7-3-1-4-8-16/h11-13,16-17H,1-10H2,(H,26,30). The molecule has 4 rings (SSSR count). The number of carbonyl (C=O) groups is 2. The highest BCUT2D eigenvalue weighted by atomic mass is 35.5. The summed E-state index contributed by atoms with van der Waals surface area (Å²) in [5.41, 5.74) is -0.827. The zero-order chi connectivity index (χ0) is 22.0. The molecule has 0 bridgehead atoms. The van der Waals surface area contributed by atoms with Crippen molar-refractivity contribution < 1.29 is 14.0 Å². The summed E-state index contributed by atoms with van der Waals surface area (Å²) in [4.78, 5) is 40.7. The van der Waals surface area contributed by atoms with Crippen LogP contribution in [0.25, 0.3) is 11.0 Å². The Balaban J connectivity index is 1.68. The van der Waals surface area contributed by atoms with Gasteiger partial charge in [-0.25, -0.2) is 9.59 Å². The number of nitrogens with one attached hydrogen (secondary N) is 1. The minimum absolute atomic E-state index is 0.0609. The highest BCUT2D eigenvalue weighted by Crippen LogP contribution is 2.29. The molecule has 0 saturated heterocycles. The summed E-state index contributed by atoms with van der Waals surface area (Å²) in [5, 5.41) is 4.03. The zero-order valence-corrected chi connectivity index (χ0v) is 18.8. The molecule has 2 fully saturated rings. The molecule has 2 aliphatic carbocycles. The Bertz CT molecular complexity index is 1040. The fourth-order valence-electron chi connectivity index (χ4n) is 4.69. The van der Waals surface area contributed by atoms with Crippen LogP contribution in [0, 0.1) is 0 Å². The van der Waals surface area contributed by atoms with E-state index in [0.717, 1.165) is 57.8 Å². The zero-order valence-electron chi connectivity index (χ0n) is 17.3. The number of imide groups is 1. The van der Waals surface area contributed by atoms with Crippen LogP contribution >= 0.6 is 23.2 Å². The lowest BCUT2D eigenvalue weighted by Gasteiger charge is -2.34. The van der Waals surface area contributed by atoms with Crippen molar-refractivity contribution in [2.24, 2.45) is 0 Å². The van der Waals surface area contributed by atoms with Crippen LogP contribution in [0.5, 0.6) is 0 Å². The van der Waals surface area contributed by atoms with Crippen molar-refractivity contribution in [1.82, 2.24) is 10.2 Å². The second-order valence-corrected chi connectivity index (χ2v) is 9.35. The van der Waals surface area contributed by atoms with E-state index in [4.69, 9.17) is 27.6 Å². The van der Waals surface area contributed by atoms with Gasteiger partial charge >= 0.3 is 11.7 Å². The van der Waals surface area contributed by atoms with Crippen LogP contribution in [0.15, 0.2) is 27.4 Å². The molecule has 1 heterocycles. The monoisotopic (exact) mass is 464 g/mol. The summed E-state index contributed by atoms with van der Waals surface area (Å²) in [7, 11) is 0. The summed E-state index contributed by atoms with van der Waals surface area (Å²) in [6, 6.07) is 3.88. The van der Waals surface area contributed by atoms with Crippen LogP contribution in [0.2, 0.25) is 10.0 Å². The molecule has 0 unspecified atom stereocenters.